The Kier molecular flexibility index (Phi) is 4.48. The van der Waals surface area contributed by atoms with E-state index in [0.29, 0.717) is 28.8 Å². The highest BCUT2D eigenvalue weighted by Gasteiger charge is 2.16. The molecule has 1 heterocycles. The van der Waals surface area contributed by atoms with Crippen molar-refractivity contribution in [1.29, 1.82) is 5.26 Å². The largest absolute Gasteiger partial charge is 0.367 e. The standard InChI is InChI=1S/C17H17N5O/c18-10-12-4-3-7-14(8-12)22-17(23)15-9-16(20-11-19-15)21-13-5-1-2-6-13/h3-4,7-9,11,13H,1-2,5-6H2,(H,22,23)(H,19,20,21). The Balaban J connectivity index is 1.70. The molecule has 2 aromatic rings. The Morgan fingerprint density at radius 3 is 2.83 bits per heavy atom. The smallest absolute Gasteiger partial charge is 0.274 e. The summed E-state index contributed by atoms with van der Waals surface area (Å²) in [5, 5.41) is 15.0. The minimum Gasteiger partial charge on any atom is -0.367 e. The van der Waals surface area contributed by atoms with Gasteiger partial charge >= 0.3 is 0 Å². The van der Waals surface area contributed by atoms with Gasteiger partial charge in [0.25, 0.3) is 5.91 Å². The molecule has 0 unspecified atom stereocenters. The molecule has 0 saturated heterocycles. The zero-order valence-corrected chi connectivity index (χ0v) is 12.6. The summed E-state index contributed by atoms with van der Waals surface area (Å²) in [7, 11) is 0. The van der Waals surface area contributed by atoms with Gasteiger partial charge in [-0.05, 0) is 31.0 Å². The maximum Gasteiger partial charge on any atom is 0.274 e. The maximum absolute atomic E-state index is 12.3. The normalized spacial score (nSPS) is 14.2. The highest BCUT2D eigenvalue weighted by molar-refractivity contribution is 6.03. The summed E-state index contributed by atoms with van der Waals surface area (Å²) in [6, 6.07) is 10.9. The third kappa shape index (κ3) is 3.83. The van der Waals surface area contributed by atoms with Gasteiger partial charge in [0.15, 0.2) is 0 Å². The highest BCUT2D eigenvalue weighted by Crippen LogP contribution is 2.21. The number of rotatable bonds is 4. The minimum atomic E-state index is -0.322. The first-order valence-corrected chi connectivity index (χ1v) is 7.65. The number of hydrogen-bond acceptors (Lipinski definition) is 5. The number of aromatic nitrogens is 2. The first-order valence-electron chi connectivity index (χ1n) is 7.65. The van der Waals surface area contributed by atoms with Gasteiger partial charge in [-0.15, -0.1) is 0 Å². The van der Waals surface area contributed by atoms with Crippen LogP contribution in [0.4, 0.5) is 11.5 Å². The Morgan fingerprint density at radius 1 is 1.22 bits per heavy atom. The molecule has 2 N–H and O–H groups in total. The zero-order chi connectivity index (χ0) is 16.1. The summed E-state index contributed by atoms with van der Waals surface area (Å²) in [5.74, 6) is 0.347. The predicted molar refractivity (Wildman–Crippen MR) is 87.0 cm³/mol. The van der Waals surface area contributed by atoms with E-state index in [1.807, 2.05) is 6.07 Å². The third-order valence-electron chi connectivity index (χ3n) is 3.86. The van der Waals surface area contributed by atoms with Gasteiger partial charge in [-0.3, -0.25) is 4.79 Å². The van der Waals surface area contributed by atoms with Crippen LogP contribution < -0.4 is 10.6 Å². The van der Waals surface area contributed by atoms with Gasteiger partial charge in [-0.25, -0.2) is 9.97 Å². The average Bonchev–Trinajstić information content (AvgIpc) is 3.08. The molecular formula is C17H17N5O. The van der Waals surface area contributed by atoms with Crippen molar-refractivity contribution in [2.75, 3.05) is 10.6 Å². The van der Waals surface area contributed by atoms with Crippen molar-refractivity contribution in [2.24, 2.45) is 0 Å². The van der Waals surface area contributed by atoms with Gasteiger partial charge in [-0.2, -0.15) is 5.26 Å². The summed E-state index contributed by atoms with van der Waals surface area (Å²) in [6.07, 6.45) is 6.10. The molecule has 1 amide bonds. The molecule has 1 aliphatic carbocycles. The van der Waals surface area contributed by atoms with E-state index in [1.54, 1.807) is 30.3 Å². The number of carbonyl (C=O) groups excluding carboxylic acids is 1. The van der Waals surface area contributed by atoms with Gasteiger partial charge in [0, 0.05) is 17.8 Å². The van der Waals surface area contributed by atoms with Crippen LogP contribution in [0.15, 0.2) is 36.7 Å². The lowest BCUT2D eigenvalue weighted by atomic mass is 10.2. The Labute approximate surface area is 134 Å². The molecule has 0 bridgehead atoms. The van der Waals surface area contributed by atoms with E-state index < -0.39 is 0 Å². The number of anilines is 2. The van der Waals surface area contributed by atoms with Crippen molar-refractivity contribution >= 4 is 17.4 Å². The van der Waals surface area contributed by atoms with Crippen LogP contribution in [0.5, 0.6) is 0 Å². The van der Waals surface area contributed by atoms with Gasteiger partial charge in [0.05, 0.1) is 11.6 Å². The topological polar surface area (TPSA) is 90.7 Å². The number of hydrogen-bond donors (Lipinski definition) is 2. The van der Waals surface area contributed by atoms with E-state index >= 15 is 0 Å². The second kappa shape index (κ2) is 6.88. The lowest BCUT2D eigenvalue weighted by Crippen LogP contribution is -2.18. The van der Waals surface area contributed by atoms with Crippen molar-refractivity contribution in [2.45, 2.75) is 31.7 Å². The molecule has 23 heavy (non-hydrogen) atoms. The fourth-order valence-corrected chi connectivity index (χ4v) is 2.70. The maximum atomic E-state index is 12.3. The lowest BCUT2D eigenvalue weighted by molar-refractivity contribution is 0.102. The van der Waals surface area contributed by atoms with Crippen molar-refractivity contribution in [3.05, 3.63) is 47.9 Å². The van der Waals surface area contributed by atoms with E-state index in [1.165, 1.54) is 19.2 Å². The van der Waals surface area contributed by atoms with Crippen LogP contribution in [-0.2, 0) is 0 Å². The molecule has 0 radical (unpaired) electrons. The van der Waals surface area contributed by atoms with Crippen molar-refractivity contribution in [1.82, 2.24) is 9.97 Å². The molecule has 3 rings (SSSR count). The molecule has 1 aliphatic rings. The minimum absolute atomic E-state index is 0.294. The van der Waals surface area contributed by atoms with E-state index in [4.69, 9.17) is 5.26 Å². The third-order valence-corrected chi connectivity index (χ3v) is 3.86. The summed E-state index contributed by atoms with van der Waals surface area (Å²) in [6.45, 7) is 0. The predicted octanol–water partition coefficient (Wildman–Crippen LogP) is 2.96. The molecule has 1 fully saturated rings. The molecule has 116 valence electrons. The quantitative estimate of drug-likeness (QED) is 0.906. The van der Waals surface area contributed by atoms with Crippen LogP contribution in [0.25, 0.3) is 0 Å². The molecule has 0 atom stereocenters. The Hall–Kier alpha value is -2.94. The monoisotopic (exact) mass is 307 g/mol. The molecule has 1 aromatic heterocycles. The Bertz CT molecular complexity index is 747. The van der Waals surface area contributed by atoms with E-state index in [9.17, 15) is 4.79 Å². The van der Waals surface area contributed by atoms with Crippen LogP contribution in [-0.4, -0.2) is 21.9 Å². The van der Waals surface area contributed by atoms with Gasteiger partial charge in [0.2, 0.25) is 0 Å². The van der Waals surface area contributed by atoms with Crippen molar-refractivity contribution in [3.8, 4) is 6.07 Å². The van der Waals surface area contributed by atoms with E-state index in [0.717, 1.165) is 12.8 Å². The highest BCUT2D eigenvalue weighted by atomic mass is 16.1. The number of nitrogens with one attached hydrogen (secondary N) is 2. The van der Waals surface area contributed by atoms with Crippen LogP contribution in [0.2, 0.25) is 0 Å². The fourth-order valence-electron chi connectivity index (χ4n) is 2.70. The number of carbonyl (C=O) groups is 1. The van der Waals surface area contributed by atoms with Crippen LogP contribution in [0, 0.1) is 11.3 Å². The van der Waals surface area contributed by atoms with Crippen molar-refractivity contribution in [3.63, 3.8) is 0 Å². The number of benzene rings is 1. The molecule has 1 saturated carbocycles. The second-order valence-corrected chi connectivity index (χ2v) is 5.56. The average molecular weight is 307 g/mol. The Morgan fingerprint density at radius 2 is 2.04 bits per heavy atom. The zero-order valence-electron chi connectivity index (χ0n) is 12.6. The molecule has 6 nitrogen and oxygen atoms in total. The molecule has 1 aromatic carbocycles. The fraction of sp³-hybridized carbons (Fsp3) is 0.294. The number of amides is 1. The summed E-state index contributed by atoms with van der Waals surface area (Å²) in [4.78, 5) is 20.5. The first kappa shape index (κ1) is 15.0. The first-order chi connectivity index (χ1) is 11.2. The summed E-state index contributed by atoms with van der Waals surface area (Å²) < 4.78 is 0. The van der Waals surface area contributed by atoms with E-state index in [2.05, 4.69) is 20.6 Å². The van der Waals surface area contributed by atoms with Gasteiger partial charge in [0.1, 0.15) is 17.8 Å². The number of nitrogens with zero attached hydrogens (tertiary/aromatic N) is 3. The summed E-state index contributed by atoms with van der Waals surface area (Å²) in [5.41, 5.74) is 1.36. The van der Waals surface area contributed by atoms with Crippen LogP contribution in [0.3, 0.4) is 0 Å². The van der Waals surface area contributed by atoms with E-state index in [-0.39, 0.29) is 5.91 Å². The van der Waals surface area contributed by atoms with Crippen LogP contribution >= 0.6 is 0 Å². The van der Waals surface area contributed by atoms with Crippen molar-refractivity contribution < 1.29 is 4.79 Å². The summed E-state index contributed by atoms with van der Waals surface area (Å²) >= 11 is 0. The van der Waals surface area contributed by atoms with Gasteiger partial charge < -0.3 is 10.6 Å². The molecule has 0 aliphatic heterocycles. The SMILES string of the molecule is N#Cc1cccc(NC(=O)c2cc(NC3CCCC3)ncn2)c1. The second-order valence-electron chi connectivity index (χ2n) is 5.56. The van der Waals surface area contributed by atoms with Gasteiger partial charge in [-0.1, -0.05) is 18.9 Å². The molecular weight excluding hydrogens is 290 g/mol. The number of nitriles is 1. The molecule has 0 spiro atoms. The lowest BCUT2D eigenvalue weighted by Gasteiger charge is -2.12. The molecule has 6 heteroatoms. The van der Waals surface area contributed by atoms with Crippen LogP contribution in [0.1, 0.15) is 41.7 Å².